The van der Waals surface area contributed by atoms with Crippen molar-refractivity contribution in [3.63, 3.8) is 0 Å². The van der Waals surface area contributed by atoms with Crippen LogP contribution in [0.1, 0.15) is 10.4 Å². The Bertz CT molecular complexity index is 587. The van der Waals surface area contributed by atoms with E-state index >= 15 is 0 Å². The van der Waals surface area contributed by atoms with E-state index in [0.29, 0.717) is 17.8 Å². The number of rotatable bonds is 2. The van der Waals surface area contributed by atoms with Crippen molar-refractivity contribution in [2.75, 3.05) is 5.32 Å². The normalized spacial score (nSPS) is 10.2. The van der Waals surface area contributed by atoms with E-state index in [1.165, 1.54) is 24.5 Å². The molecule has 2 aromatic rings. The number of aromatic nitrogens is 1. The van der Waals surface area contributed by atoms with Crippen molar-refractivity contribution >= 4 is 11.6 Å². The number of hydrogen-bond donors (Lipinski definition) is 1. The fraction of sp³-hybridized carbons (Fsp3) is 0. The lowest BCUT2D eigenvalue weighted by atomic mass is 10.2. The largest absolute Gasteiger partial charge is 0.322 e. The second kappa shape index (κ2) is 4.87. The van der Waals surface area contributed by atoms with E-state index in [1.54, 1.807) is 0 Å². The van der Waals surface area contributed by atoms with E-state index in [9.17, 15) is 18.0 Å². The number of nitrogens with zero attached hydrogens (tertiary/aromatic N) is 1. The minimum Gasteiger partial charge on any atom is -0.322 e. The first-order valence-electron chi connectivity index (χ1n) is 4.94. The van der Waals surface area contributed by atoms with Gasteiger partial charge in [-0.25, -0.2) is 13.2 Å². The quantitative estimate of drug-likeness (QED) is 0.835. The van der Waals surface area contributed by atoms with Gasteiger partial charge in [-0.3, -0.25) is 9.78 Å². The van der Waals surface area contributed by atoms with Crippen molar-refractivity contribution < 1.29 is 18.0 Å². The van der Waals surface area contributed by atoms with Crippen molar-refractivity contribution in [3.05, 3.63) is 59.7 Å². The summed E-state index contributed by atoms with van der Waals surface area (Å²) in [5.74, 6) is -4.61. The maximum Gasteiger partial charge on any atom is 0.258 e. The Morgan fingerprint density at radius 3 is 2.28 bits per heavy atom. The Morgan fingerprint density at radius 2 is 1.61 bits per heavy atom. The molecule has 18 heavy (non-hydrogen) atoms. The van der Waals surface area contributed by atoms with Gasteiger partial charge in [0.05, 0.1) is 5.56 Å². The second-order valence-electron chi connectivity index (χ2n) is 3.44. The van der Waals surface area contributed by atoms with Crippen LogP contribution in [0.3, 0.4) is 0 Å². The van der Waals surface area contributed by atoms with E-state index in [4.69, 9.17) is 0 Å². The lowest BCUT2D eigenvalue weighted by molar-refractivity contribution is 0.102. The number of nitrogens with one attached hydrogen (secondary N) is 1. The van der Waals surface area contributed by atoms with E-state index in [1.807, 2.05) is 0 Å². The maximum absolute atomic E-state index is 13.3. The van der Waals surface area contributed by atoms with Gasteiger partial charge in [-0.2, -0.15) is 0 Å². The molecule has 2 rings (SSSR count). The molecule has 0 saturated heterocycles. The molecule has 0 aliphatic carbocycles. The van der Waals surface area contributed by atoms with Crippen LogP contribution < -0.4 is 5.32 Å². The monoisotopic (exact) mass is 252 g/mol. The fourth-order valence-electron chi connectivity index (χ4n) is 1.33. The molecule has 1 aromatic carbocycles. The lowest BCUT2D eigenvalue weighted by Gasteiger charge is -2.06. The van der Waals surface area contributed by atoms with Gasteiger partial charge in [0.15, 0.2) is 11.6 Å². The van der Waals surface area contributed by atoms with Gasteiger partial charge in [0.1, 0.15) is 5.82 Å². The smallest absolute Gasteiger partial charge is 0.258 e. The maximum atomic E-state index is 13.3. The Kier molecular flexibility index (Phi) is 3.27. The van der Waals surface area contributed by atoms with Gasteiger partial charge < -0.3 is 5.32 Å². The number of halogens is 3. The highest BCUT2D eigenvalue weighted by Crippen LogP contribution is 2.15. The van der Waals surface area contributed by atoms with E-state index in [2.05, 4.69) is 10.3 Å². The van der Waals surface area contributed by atoms with Crippen LogP contribution in [0, 0.1) is 17.5 Å². The third-order valence-electron chi connectivity index (χ3n) is 2.19. The third-order valence-corrected chi connectivity index (χ3v) is 2.19. The molecule has 1 aromatic heterocycles. The summed E-state index contributed by atoms with van der Waals surface area (Å²) in [6.07, 6.45) is 2.86. The van der Waals surface area contributed by atoms with Crippen LogP contribution in [0.15, 0.2) is 36.7 Å². The molecular weight excluding hydrogens is 245 g/mol. The zero-order valence-corrected chi connectivity index (χ0v) is 8.95. The predicted molar refractivity (Wildman–Crippen MR) is 58.5 cm³/mol. The minimum atomic E-state index is -1.34. The number of carbonyl (C=O) groups is 1. The summed E-state index contributed by atoms with van der Waals surface area (Å²) >= 11 is 0. The van der Waals surface area contributed by atoms with Crippen molar-refractivity contribution in [1.82, 2.24) is 4.98 Å². The number of amides is 1. The molecule has 0 aliphatic heterocycles. The molecule has 0 fully saturated rings. The van der Waals surface area contributed by atoms with Crippen LogP contribution in [-0.2, 0) is 0 Å². The summed E-state index contributed by atoms with van der Waals surface area (Å²) in [7, 11) is 0. The Balaban J connectivity index is 2.27. The van der Waals surface area contributed by atoms with Gasteiger partial charge in [-0.05, 0) is 18.2 Å². The van der Waals surface area contributed by atoms with Crippen LogP contribution >= 0.6 is 0 Å². The minimum absolute atomic E-state index is 0.330. The molecule has 1 heterocycles. The molecule has 1 N–H and O–H groups in total. The summed E-state index contributed by atoms with van der Waals surface area (Å²) in [5, 5.41) is 2.34. The third kappa shape index (κ3) is 2.48. The molecule has 0 unspecified atom stereocenters. The Labute approximate surface area is 100 Å². The summed E-state index contributed by atoms with van der Waals surface area (Å²) in [5.41, 5.74) is -0.190. The highest BCUT2D eigenvalue weighted by molar-refractivity contribution is 6.04. The molecule has 0 spiro atoms. The zero-order chi connectivity index (χ0) is 13.1. The number of hydrogen-bond acceptors (Lipinski definition) is 2. The molecule has 3 nitrogen and oxygen atoms in total. The van der Waals surface area contributed by atoms with E-state index < -0.39 is 28.9 Å². The van der Waals surface area contributed by atoms with Gasteiger partial charge in [-0.15, -0.1) is 0 Å². The predicted octanol–water partition coefficient (Wildman–Crippen LogP) is 2.75. The molecule has 0 aliphatic rings. The molecule has 0 bridgehead atoms. The Morgan fingerprint density at radius 1 is 1.00 bits per heavy atom. The highest BCUT2D eigenvalue weighted by Gasteiger charge is 2.16. The fourth-order valence-corrected chi connectivity index (χ4v) is 1.33. The molecule has 0 radical (unpaired) electrons. The van der Waals surface area contributed by atoms with E-state index in [0.717, 1.165) is 0 Å². The van der Waals surface area contributed by atoms with Crippen molar-refractivity contribution in [2.45, 2.75) is 0 Å². The van der Waals surface area contributed by atoms with Crippen LogP contribution in [0.5, 0.6) is 0 Å². The standard InChI is InChI=1S/C12H7F3N2O/c13-9-6-11(15)10(14)5-8(9)12(18)17-7-1-3-16-4-2-7/h1-6H,(H,16,17,18). The lowest BCUT2D eigenvalue weighted by Crippen LogP contribution is -2.14. The van der Waals surface area contributed by atoms with Gasteiger partial charge >= 0.3 is 0 Å². The SMILES string of the molecule is O=C(Nc1ccncc1)c1cc(F)c(F)cc1F. The average molecular weight is 252 g/mol. The van der Waals surface area contributed by atoms with Crippen LogP contribution in [0.4, 0.5) is 18.9 Å². The first-order valence-corrected chi connectivity index (χ1v) is 4.94. The van der Waals surface area contributed by atoms with Gasteiger partial charge in [0.2, 0.25) is 0 Å². The topological polar surface area (TPSA) is 42.0 Å². The summed E-state index contributed by atoms with van der Waals surface area (Å²) < 4.78 is 38.9. The first-order chi connectivity index (χ1) is 8.58. The first kappa shape index (κ1) is 12.1. The highest BCUT2D eigenvalue weighted by atomic mass is 19.2. The number of carbonyl (C=O) groups excluding carboxylic acids is 1. The number of benzene rings is 1. The zero-order valence-electron chi connectivity index (χ0n) is 8.95. The second-order valence-corrected chi connectivity index (χ2v) is 3.44. The summed E-state index contributed by atoms with van der Waals surface area (Å²) in [4.78, 5) is 15.4. The molecule has 0 saturated carbocycles. The molecular formula is C12H7F3N2O. The molecule has 0 atom stereocenters. The number of pyridine rings is 1. The van der Waals surface area contributed by atoms with Crippen molar-refractivity contribution in [2.24, 2.45) is 0 Å². The molecule has 1 amide bonds. The molecule has 92 valence electrons. The van der Waals surface area contributed by atoms with Gasteiger partial charge in [0, 0.05) is 24.1 Å². The van der Waals surface area contributed by atoms with Crippen LogP contribution in [0.25, 0.3) is 0 Å². The van der Waals surface area contributed by atoms with Crippen molar-refractivity contribution in [1.29, 1.82) is 0 Å². The van der Waals surface area contributed by atoms with E-state index in [-0.39, 0.29) is 0 Å². The van der Waals surface area contributed by atoms with Gasteiger partial charge in [0.25, 0.3) is 5.91 Å². The van der Waals surface area contributed by atoms with Crippen LogP contribution in [0.2, 0.25) is 0 Å². The Hall–Kier alpha value is -2.37. The average Bonchev–Trinajstić information content (AvgIpc) is 2.35. The van der Waals surface area contributed by atoms with Crippen LogP contribution in [-0.4, -0.2) is 10.9 Å². The van der Waals surface area contributed by atoms with Crippen molar-refractivity contribution in [3.8, 4) is 0 Å². The summed E-state index contributed by atoms with van der Waals surface area (Å²) in [6, 6.07) is 3.81. The van der Waals surface area contributed by atoms with Gasteiger partial charge in [-0.1, -0.05) is 0 Å². The number of anilines is 1. The summed E-state index contributed by atoms with van der Waals surface area (Å²) in [6.45, 7) is 0. The molecule has 6 heteroatoms.